The fourth-order valence-electron chi connectivity index (χ4n) is 5.90. The summed E-state index contributed by atoms with van der Waals surface area (Å²) in [5, 5.41) is 8.21. The van der Waals surface area contributed by atoms with E-state index in [1.165, 1.54) is 24.0 Å². The van der Waals surface area contributed by atoms with Crippen molar-refractivity contribution in [2.75, 3.05) is 11.9 Å². The van der Waals surface area contributed by atoms with Gasteiger partial charge in [0.25, 0.3) is 0 Å². The second-order valence-corrected chi connectivity index (χ2v) is 10.0. The minimum Gasteiger partial charge on any atom is -0.472 e. The van der Waals surface area contributed by atoms with Crippen LogP contribution in [0.3, 0.4) is 0 Å². The summed E-state index contributed by atoms with van der Waals surface area (Å²) in [7, 11) is 2.18. The molecule has 2 atom stereocenters. The molecule has 6 nitrogen and oxygen atoms in total. The van der Waals surface area contributed by atoms with Gasteiger partial charge in [0.1, 0.15) is 12.4 Å². The van der Waals surface area contributed by atoms with Gasteiger partial charge in [-0.15, -0.1) is 0 Å². The Morgan fingerprint density at radius 2 is 1.87 bits per heavy atom. The molecule has 1 N–H and O–H groups in total. The predicted octanol–water partition coefficient (Wildman–Crippen LogP) is 4.33. The first-order valence-corrected chi connectivity index (χ1v) is 11.2. The molecule has 0 saturated carbocycles. The standard InChI is InChI=1S/C25H29N5O/c1-24-9-10-25(2,28-24)15-19(14-24)29(3)22-8-7-21-20-6-5-18(30-12-4-11-26-30)13-17(20)16-31-23(21)27-22/h4-8,11-13,19,28H,9-10,14-16H2,1-3H3. The number of pyridine rings is 1. The second kappa shape index (κ2) is 6.57. The normalized spacial score (nSPS) is 28.5. The highest BCUT2D eigenvalue weighted by Gasteiger charge is 2.49. The molecule has 1 aromatic carbocycles. The lowest BCUT2D eigenvalue weighted by molar-refractivity contribution is 0.207. The van der Waals surface area contributed by atoms with Crippen LogP contribution in [0.1, 0.15) is 45.1 Å². The third-order valence-corrected chi connectivity index (χ3v) is 7.47. The van der Waals surface area contributed by atoms with E-state index in [1.807, 2.05) is 16.9 Å². The smallest absolute Gasteiger partial charge is 0.223 e. The summed E-state index contributed by atoms with van der Waals surface area (Å²) in [5.74, 6) is 1.73. The minimum atomic E-state index is 0.238. The van der Waals surface area contributed by atoms with Crippen LogP contribution < -0.4 is 15.0 Å². The summed E-state index contributed by atoms with van der Waals surface area (Å²) in [6.45, 7) is 5.27. The van der Waals surface area contributed by atoms with E-state index in [-0.39, 0.29) is 11.1 Å². The predicted molar refractivity (Wildman–Crippen MR) is 122 cm³/mol. The lowest BCUT2D eigenvalue weighted by atomic mass is 9.84. The molecule has 0 amide bonds. The van der Waals surface area contributed by atoms with E-state index in [9.17, 15) is 0 Å². The van der Waals surface area contributed by atoms with Crippen molar-refractivity contribution in [1.29, 1.82) is 0 Å². The maximum absolute atomic E-state index is 6.11. The molecule has 160 valence electrons. The maximum atomic E-state index is 6.11. The second-order valence-electron chi connectivity index (χ2n) is 10.0. The highest BCUT2D eigenvalue weighted by atomic mass is 16.5. The number of anilines is 1. The summed E-state index contributed by atoms with van der Waals surface area (Å²) in [5.41, 5.74) is 4.94. The van der Waals surface area contributed by atoms with Crippen LogP contribution in [-0.4, -0.2) is 38.9 Å². The molecule has 2 unspecified atom stereocenters. The highest BCUT2D eigenvalue weighted by molar-refractivity contribution is 5.75. The molecule has 2 fully saturated rings. The number of hydrogen-bond donors (Lipinski definition) is 1. The van der Waals surface area contributed by atoms with Crippen LogP contribution in [0.15, 0.2) is 48.8 Å². The monoisotopic (exact) mass is 415 g/mol. The van der Waals surface area contributed by atoms with Crippen molar-refractivity contribution in [2.24, 2.45) is 0 Å². The number of fused-ring (bicyclic) bond motifs is 5. The fraction of sp³-hybridized carbons (Fsp3) is 0.440. The third-order valence-electron chi connectivity index (χ3n) is 7.47. The molecule has 6 heteroatoms. The number of benzene rings is 1. The van der Waals surface area contributed by atoms with Crippen LogP contribution >= 0.6 is 0 Å². The Morgan fingerprint density at radius 3 is 2.61 bits per heavy atom. The van der Waals surface area contributed by atoms with E-state index in [4.69, 9.17) is 9.72 Å². The molecule has 2 aromatic heterocycles. The van der Waals surface area contributed by atoms with E-state index in [2.05, 4.69) is 66.5 Å². The zero-order chi connectivity index (χ0) is 21.2. The van der Waals surface area contributed by atoms with Gasteiger partial charge in [-0.1, -0.05) is 6.07 Å². The quantitative estimate of drug-likeness (QED) is 0.690. The third kappa shape index (κ3) is 3.12. The molecule has 0 aliphatic carbocycles. The van der Waals surface area contributed by atoms with Gasteiger partial charge < -0.3 is 15.0 Å². The Kier molecular flexibility index (Phi) is 4.00. The number of hydrogen-bond acceptors (Lipinski definition) is 5. The van der Waals surface area contributed by atoms with Crippen LogP contribution in [0.4, 0.5) is 5.82 Å². The van der Waals surface area contributed by atoms with Gasteiger partial charge in [0.15, 0.2) is 0 Å². The van der Waals surface area contributed by atoms with E-state index >= 15 is 0 Å². The topological polar surface area (TPSA) is 55.2 Å². The molecule has 3 aliphatic rings. The summed E-state index contributed by atoms with van der Waals surface area (Å²) in [4.78, 5) is 7.30. The average Bonchev–Trinajstić information content (AvgIpc) is 3.38. The van der Waals surface area contributed by atoms with Crippen molar-refractivity contribution in [3.05, 3.63) is 54.4 Å². The Morgan fingerprint density at radius 1 is 1.10 bits per heavy atom. The Labute approximate surface area is 183 Å². The van der Waals surface area contributed by atoms with Crippen molar-refractivity contribution >= 4 is 5.82 Å². The largest absolute Gasteiger partial charge is 0.472 e. The SMILES string of the molecule is CN(c1ccc2c(n1)OCc1cc(-n3cccn3)ccc1-2)C1CC2(C)CCC(C)(C1)N2. The van der Waals surface area contributed by atoms with Crippen LogP contribution in [-0.2, 0) is 6.61 Å². The van der Waals surface area contributed by atoms with Crippen molar-refractivity contribution < 1.29 is 4.74 Å². The van der Waals surface area contributed by atoms with Gasteiger partial charge in [0.05, 0.1) is 5.69 Å². The summed E-state index contributed by atoms with van der Waals surface area (Å²) < 4.78 is 7.99. The van der Waals surface area contributed by atoms with Gasteiger partial charge in [-0.3, -0.25) is 0 Å². The fourth-order valence-corrected chi connectivity index (χ4v) is 5.90. The summed E-state index contributed by atoms with van der Waals surface area (Å²) in [6.07, 6.45) is 8.56. The van der Waals surface area contributed by atoms with E-state index in [1.54, 1.807) is 6.20 Å². The van der Waals surface area contributed by atoms with Crippen LogP contribution in [0.25, 0.3) is 16.8 Å². The van der Waals surface area contributed by atoms with E-state index in [0.29, 0.717) is 12.6 Å². The molecule has 3 aromatic rings. The highest BCUT2D eigenvalue weighted by Crippen LogP contribution is 2.44. The number of aromatic nitrogens is 3. The summed E-state index contributed by atoms with van der Waals surface area (Å²) in [6, 6.07) is 13.1. The average molecular weight is 416 g/mol. The first kappa shape index (κ1) is 18.9. The minimum absolute atomic E-state index is 0.238. The Hall–Kier alpha value is -2.86. The molecule has 2 saturated heterocycles. The summed E-state index contributed by atoms with van der Waals surface area (Å²) >= 11 is 0. The van der Waals surface area contributed by atoms with Crippen molar-refractivity contribution in [2.45, 2.75) is 63.3 Å². The van der Waals surface area contributed by atoms with Gasteiger partial charge in [-0.25, -0.2) is 4.68 Å². The molecule has 5 heterocycles. The zero-order valence-corrected chi connectivity index (χ0v) is 18.4. The van der Waals surface area contributed by atoms with E-state index < -0.39 is 0 Å². The first-order chi connectivity index (χ1) is 14.9. The molecule has 0 spiro atoms. The molecular formula is C25H29N5O. The van der Waals surface area contributed by atoms with Gasteiger partial charge in [0.2, 0.25) is 5.88 Å². The van der Waals surface area contributed by atoms with Crippen LogP contribution in [0, 0.1) is 0 Å². The molecule has 6 rings (SSSR count). The zero-order valence-electron chi connectivity index (χ0n) is 18.4. The number of nitrogens with zero attached hydrogens (tertiary/aromatic N) is 4. The van der Waals surface area contributed by atoms with Crippen molar-refractivity contribution in [1.82, 2.24) is 20.1 Å². The molecular weight excluding hydrogens is 386 g/mol. The van der Waals surface area contributed by atoms with Gasteiger partial charge in [0, 0.05) is 42.1 Å². The van der Waals surface area contributed by atoms with Crippen molar-refractivity contribution in [3.8, 4) is 22.7 Å². The van der Waals surface area contributed by atoms with E-state index in [0.717, 1.165) is 35.8 Å². The van der Waals surface area contributed by atoms with Crippen molar-refractivity contribution in [3.63, 3.8) is 0 Å². The lowest BCUT2D eigenvalue weighted by Gasteiger charge is -2.45. The number of piperidine rings is 1. The first-order valence-electron chi connectivity index (χ1n) is 11.2. The lowest BCUT2D eigenvalue weighted by Crippen LogP contribution is -2.58. The van der Waals surface area contributed by atoms with Crippen LogP contribution in [0.5, 0.6) is 5.88 Å². The number of ether oxygens (including phenoxy) is 1. The van der Waals surface area contributed by atoms with Gasteiger partial charge in [-0.05, 0) is 81.0 Å². The number of rotatable bonds is 3. The van der Waals surface area contributed by atoms with Crippen LogP contribution in [0.2, 0.25) is 0 Å². The van der Waals surface area contributed by atoms with Gasteiger partial charge in [-0.2, -0.15) is 10.1 Å². The molecule has 0 radical (unpaired) electrons. The Balaban J connectivity index is 1.29. The number of nitrogens with one attached hydrogen (secondary N) is 1. The molecule has 31 heavy (non-hydrogen) atoms. The Bertz CT molecular complexity index is 1120. The molecule has 2 bridgehead atoms. The molecule has 3 aliphatic heterocycles. The van der Waals surface area contributed by atoms with Gasteiger partial charge >= 0.3 is 0 Å². The maximum Gasteiger partial charge on any atom is 0.223 e.